The van der Waals surface area contributed by atoms with Crippen molar-refractivity contribution >= 4 is 54.7 Å². The number of hydrogen-bond donors (Lipinski definition) is 4. The molecule has 4 aromatic rings. The molecule has 0 fully saturated rings. The molecule has 0 atom stereocenters. The van der Waals surface area contributed by atoms with Crippen molar-refractivity contribution < 1.29 is 64.9 Å². The van der Waals surface area contributed by atoms with E-state index in [0.29, 0.717) is 34.8 Å². The number of methoxy groups -OCH3 is 1. The second-order valence-corrected chi connectivity index (χ2v) is 19.9. The lowest BCUT2D eigenvalue weighted by molar-refractivity contribution is -0.138. The van der Waals surface area contributed by atoms with E-state index in [1.165, 1.54) is 12.1 Å². The molecule has 0 spiro atoms. The number of phenols is 1. The van der Waals surface area contributed by atoms with Gasteiger partial charge in [-0.15, -0.1) is 22.7 Å². The fourth-order valence-corrected chi connectivity index (χ4v) is 7.17. The van der Waals surface area contributed by atoms with E-state index in [4.69, 9.17) is 9.53 Å². The molecule has 2 aromatic carbocycles. The van der Waals surface area contributed by atoms with Gasteiger partial charge < -0.3 is 30.0 Å². The number of aromatic carboxylic acids is 1. The minimum absolute atomic E-state index is 0.0135. The summed E-state index contributed by atoms with van der Waals surface area (Å²) in [6.45, 7) is 10.7. The maximum atomic E-state index is 13.2. The zero-order valence-electron chi connectivity index (χ0n) is 29.6. The molecular weight excluding hydrogens is 783 g/mol. The number of carboxylic acids is 1. The van der Waals surface area contributed by atoms with Crippen molar-refractivity contribution in [2.45, 2.75) is 64.3 Å². The van der Waals surface area contributed by atoms with E-state index in [1.807, 2.05) is 6.07 Å². The molecule has 2 heterocycles. The molecule has 0 bridgehead atoms. The Morgan fingerprint density at radius 2 is 1.20 bits per heavy atom. The molecule has 0 aliphatic heterocycles. The van der Waals surface area contributed by atoms with Crippen LogP contribution in [0.3, 0.4) is 0 Å². The van der Waals surface area contributed by atoms with Gasteiger partial charge in [-0.3, -0.25) is 9.59 Å². The SMILES string of the molecule is COC(=O)c1sc(C(=O)NCc2cccc(O[Si](C)(C)C(C)(C)C)c2)cc1C(F)(F)F.O=C(NCc1cccc(O)c1)c1cc(C(F)(F)F)c(C(=O)O)s1. The third-order valence-electron chi connectivity index (χ3n) is 7.98. The van der Waals surface area contributed by atoms with Crippen LogP contribution in [-0.2, 0) is 30.2 Å². The number of benzene rings is 2. The van der Waals surface area contributed by atoms with Gasteiger partial charge in [-0.2, -0.15) is 26.3 Å². The van der Waals surface area contributed by atoms with E-state index < -0.39 is 65.3 Å². The zero-order valence-corrected chi connectivity index (χ0v) is 32.2. The first-order chi connectivity index (χ1) is 24.8. The number of nitrogens with one attached hydrogen (secondary N) is 2. The van der Waals surface area contributed by atoms with Crippen LogP contribution in [0.1, 0.15) is 81.7 Å². The zero-order chi connectivity index (χ0) is 40.8. The summed E-state index contributed by atoms with van der Waals surface area (Å²) < 4.78 is 88.5. The molecule has 0 saturated heterocycles. The highest BCUT2D eigenvalue weighted by atomic mass is 32.1. The lowest BCUT2D eigenvalue weighted by Crippen LogP contribution is -2.43. The Hall–Kier alpha value is -4.88. The smallest absolute Gasteiger partial charge is 0.418 e. The van der Waals surface area contributed by atoms with Gasteiger partial charge >= 0.3 is 24.3 Å². The summed E-state index contributed by atoms with van der Waals surface area (Å²) in [5.74, 6) is -3.74. The summed E-state index contributed by atoms with van der Waals surface area (Å²) in [5, 5.41) is 23.1. The predicted molar refractivity (Wildman–Crippen MR) is 192 cm³/mol. The number of aromatic hydroxyl groups is 1. The number of rotatable bonds is 10. The van der Waals surface area contributed by atoms with Crippen LogP contribution in [-0.4, -0.2) is 49.4 Å². The van der Waals surface area contributed by atoms with Crippen LogP contribution >= 0.6 is 22.7 Å². The molecule has 292 valence electrons. The van der Waals surface area contributed by atoms with Gasteiger partial charge in [0.1, 0.15) is 21.3 Å². The second kappa shape index (κ2) is 17.1. The number of phenolic OH excluding ortho intramolecular Hbond substituents is 1. The van der Waals surface area contributed by atoms with Crippen molar-refractivity contribution in [2.75, 3.05) is 7.11 Å². The van der Waals surface area contributed by atoms with Crippen LogP contribution in [0.4, 0.5) is 26.3 Å². The monoisotopic (exact) mass is 818 g/mol. The number of amides is 2. The van der Waals surface area contributed by atoms with Gasteiger partial charge in [0.25, 0.3) is 11.8 Å². The minimum atomic E-state index is -4.85. The molecule has 0 unspecified atom stereocenters. The van der Waals surface area contributed by atoms with Gasteiger partial charge in [-0.25, -0.2) is 9.59 Å². The molecule has 2 aromatic heterocycles. The van der Waals surface area contributed by atoms with Crippen LogP contribution < -0.4 is 15.1 Å². The second-order valence-electron chi connectivity index (χ2n) is 13.0. The third-order valence-corrected chi connectivity index (χ3v) is 14.6. The van der Waals surface area contributed by atoms with E-state index in [9.17, 15) is 50.6 Å². The lowest BCUT2D eigenvalue weighted by atomic mass is 10.2. The van der Waals surface area contributed by atoms with E-state index in [-0.39, 0.29) is 45.0 Å². The van der Waals surface area contributed by atoms with Gasteiger partial charge in [0.2, 0.25) is 8.32 Å². The van der Waals surface area contributed by atoms with Crippen LogP contribution in [0.2, 0.25) is 18.1 Å². The van der Waals surface area contributed by atoms with E-state index >= 15 is 0 Å². The minimum Gasteiger partial charge on any atom is -0.543 e. The van der Waals surface area contributed by atoms with Gasteiger partial charge in [0, 0.05) is 13.1 Å². The Morgan fingerprint density at radius 3 is 1.63 bits per heavy atom. The fraction of sp³-hybridized carbons (Fsp3) is 0.314. The Labute approximate surface area is 314 Å². The molecular formula is C35H36F6N2O8S2Si. The number of alkyl halides is 6. The summed E-state index contributed by atoms with van der Waals surface area (Å²) >= 11 is 0.710. The van der Waals surface area contributed by atoms with Crippen LogP contribution in [0.25, 0.3) is 0 Å². The Bertz CT molecular complexity index is 2000. The average molecular weight is 819 g/mol. The van der Waals surface area contributed by atoms with Crippen molar-refractivity contribution in [1.82, 2.24) is 10.6 Å². The Kier molecular flexibility index (Phi) is 13.8. The quantitative estimate of drug-likeness (QED) is 0.0704. The summed E-state index contributed by atoms with van der Waals surface area (Å²) in [6, 6.07) is 14.4. The maximum Gasteiger partial charge on any atom is 0.418 e. The summed E-state index contributed by atoms with van der Waals surface area (Å²) in [5.41, 5.74) is -1.24. The number of carboxylic acid groups (broad SMARTS) is 1. The van der Waals surface area contributed by atoms with Crippen molar-refractivity contribution in [2.24, 2.45) is 0 Å². The molecule has 4 N–H and O–H groups in total. The Balaban J connectivity index is 0.000000303. The molecule has 4 rings (SSSR count). The highest BCUT2D eigenvalue weighted by molar-refractivity contribution is 7.16. The van der Waals surface area contributed by atoms with Crippen LogP contribution in [0.5, 0.6) is 11.5 Å². The molecule has 0 aliphatic rings. The number of carbonyl (C=O) groups is 4. The van der Waals surface area contributed by atoms with Gasteiger partial charge in [-0.1, -0.05) is 45.0 Å². The first-order valence-electron chi connectivity index (χ1n) is 15.7. The number of thiophene rings is 2. The normalized spacial score (nSPS) is 11.9. The first kappa shape index (κ1) is 43.5. The predicted octanol–water partition coefficient (Wildman–Crippen LogP) is 8.97. The van der Waals surface area contributed by atoms with E-state index in [0.717, 1.165) is 12.7 Å². The van der Waals surface area contributed by atoms with Gasteiger partial charge in [0.15, 0.2) is 0 Å². The van der Waals surface area contributed by atoms with Crippen molar-refractivity contribution in [1.29, 1.82) is 0 Å². The van der Waals surface area contributed by atoms with Crippen molar-refractivity contribution in [3.05, 3.63) is 102 Å². The molecule has 10 nitrogen and oxygen atoms in total. The average Bonchev–Trinajstić information content (AvgIpc) is 3.73. The summed E-state index contributed by atoms with van der Waals surface area (Å²) in [6.07, 6.45) is -9.62. The highest BCUT2D eigenvalue weighted by Gasteiger charge is 2.40. The summed E-state index contributed by atoms with van der Waals surface area (Å²) in [7, 11) is -1.05. The van der Waals surface area contributed by atoms with Gasteiger partial charge in [-0.05, 0) is 65.7 Å². The standard InChI is InChI=1S/C21H26F3NO4SSi.C14H10F3NO4S/c1-20(2,3)31(5,6)29-14-9-7-8-13(10-14)12-25-18(26)16-11-15(21(22,23)24)17(30-16)19(27)28-4;15-14(16,17)9-5-10(23-11(9)13(21)22)12(20)18-6-7-2-1-3-8(19)4-7/h7-11H,12H2,1-6H3,(H,25,26);1-5,19H,6H2,(H,18,20)(H,21,22). The number of hydrogen-bond acceptors (Lipinski definition) is 9. The molecule has 0 aliphatic carbocycles. The maximum absolute atomic E-state index is 13.2. The molecule has 54 heavy (non-hydrogen) atoms. The Morgan fingerprint density at radius 1 is 0.741 bits per heavy atom. The number of ether oxygens (including phenoxy) is 1. The van der Waals surface area contributed by atoms with Crippen molar-refractivity contribution in [3.8, 4) is 11.5 Å². The molecule has 0 saturated carbocycles. The number of carbonyl (C=O) groups excluding carboxylic acids is 3. The molecule has 0 radical (unpaired) electrons. The third kappa shape index (κ3) is 11.6. The highest BCUT2D eigenvalue weighted by Crippen LogP contribution is 2.39. The van der Waals surface area contributed by atoms with E-state index in [2.05, 4.69) is 49.2 Å². The summed E-state index contributed by atoms with van der Waals surface area (Å²) in [4.78, 5) is 44.7. The fourth-order valence-electron chi connectivity index (χ4n) is 4.20. The topological polar surface area (TPSA) is 151 Å². The molecule has 2 amide bonds. The number of halogens is 6. The largest absolute Gasteiger partial charge is 0.543 e. The van der Waals surface area contributed by atoms with E-state index in [1.54, 1.807) is 30.3 Å². The molecule has 19 heteroatoms. The van der Waals surface area contributed by atoms with Crippen LogP contribution in [0, 0.1) is 0 Å². The van der Waals surface area contributed by atoms with Gasteiger partial charge in [0.05, 0.1) is 28.0 Å². The lowest BCUT2D eigenvalue weighted by Gasteiger charge is -2.36. The van der Waals surface area contributed by atoms with Crippen molar-refractivity contribution in [3.63, 3.8) is 0 Å². The number of esters is 1. The van der Waals surface area contributed by atoms with Crippen LogP contribution in [0.15, 0.2) is 60.7 Å². The first-order valence-corrected chi connectivity index (χ1v) is 20.2.